The first-order valence-corrected chi connectivity index (χ1v) is 7.37. The van der Waals surface area contributed by atoms with Gasteiger partial charge in [0.1, 0.15) is 0 Å². The molecule has 0 unspecified atom stereocenters. The maximum Gasteiger partial charge on any atom is 0.317 e. The Morgan fingerprint density at radius 3 is 2.38 bits per heavy atom. The van der Waals surface area contributed by atoms with Crippen LogP contribution in [0, 0.1) is 5.41 Å². The number of piperidine rings is 1. The number of hydrogen-bond acceptors (Lipinski definition) is 2. The Morgan fingerprint density at radius 1 is 1.24 bits per heavy atom. The van der Waals surface area contributed by atoms with Crippen LogP contribution in [0.5, 0.6) is 0 Å². The molecule has 1 saturated heterocycles. The van der Waals surface area contributed by atoms with Gasteiger partial charge >= 0.3 is 12.0 Å². The number of nitrogens with one attached hydrogen (secondary N) is 1. The maximum atomic E-state index is 12.1. The van der Waals surface area contributed by atoms with E-state index < -0.39 is 11.4 Å². The molecule has 0 aliphatic carbocycles. The molecule has 114 valence electrons. The van der Waals surface area contributed by atoms with Gasteiger partial charge in [-0.05, 0) is 24.8 Å². The molecule has 2 N–H and O–H groups in total. The predicted molar refractivity (Wildman–Crippen MR) is 79.8 cm³/mol. The van der Waals surface area contributed by atoms with Gasteiger partial charge in [0.2, 0.25) is 0 Å². The molecule has 0 bridgehead atoms. The molecule has 2 amide bonds. The molecule has 1 heterocycles. The summed E-state index contributed by atoms with van der Waals surface area (Å²) in [6.07, 6.45) is 1.66. The molecule has 1 aromatic rings. The summed E-state index contributed by atoms with van der Waals surface area (Å²) in [5.74, 6) is -0.741. The monoisotopic (exact) mass is 290 g/mol. The summed E-state index contributed by atoms with van der Waals surface area (Å²) in [5.41, 5.74) is 0.396. The third kappa shape index (κ3) is 3.54. The van der Waals surface area contributed by atoms with Crippen molar-refractivity contribution in [2.75, 3.05) is 13.1 Å². The van der Waals surface area contributed by atoms with Crippen LogP contribution in [0.1, 0.15) is 31.7 Å². The third-order valence-electron chi connectivity index (χ3n) is 4.42. The van der Waals surface area contributed by atoms with E-state index in [1.54, 1.807) is 4.90 Å². The molecule has 5 nitrogen and oxygen atoms in total. The fourth-order valence-electron chi connectivity index (χ4n) is 2.74. The Balaban J connectivity index is 1.84. The van der Waals surface area contributed by atoms with Crippen LogP contribution in [0.4, 0.5) is 4.79 Å². The number of carbonyl (C=O) groups excluding carboxylic acids is 1. The van der Waals surface area contributed by atoms with E-state index in [9.17, 15) is 14.7 Å². The van der Waals surface area contributed by atoms with Gasteiger partial charge in [0, 0.05) is 19.6 Å². The van der Waals surface area contributed by atoms with Crippen molar-refractivity contribution in [3.63, 3.8) is 0 Å². The Bertz CT molecular complexity index is 494. The maximum absolute atomic E-state index is 12.1. The Labute approximate surface area is 125 Å². The average molecular weight is 290 g/mol. The van der Waals surface area contributed by atoms with Crippen LogP contribution >= 0.6 is 0 Å². The van der Waals surface area contributed by atoms with Crippen LogP contribution in [0.25, 0.3) is 0 Å². The molecule has 0 aromatic heterocycles. The number of benzene rings is 1. The molecule has 1 fully saturated rings. The fourth-order valence-corrected chi connectivity index (χ4v) is 2.74. The summed E-state index contributed by atoms with van der Waals surface area (Å²) in [7, 11) is 0. The molecule has 1 aliphatic rings. The van der Waals surface area contributed by atoms with Crippen molar-refractivity contribution in [1.29, 1.82) is 0 Å². The van der Waals surface area contributed by atoms with Crippen molar-refractivity contribution < 1.29 is 14.7 Å². The molecule has 0 saturated carbocycles. The number of amides is 2. The number of carboxylic acid groups (broad SMARTS) is 1. The molecule has 0 atom stereocenters. The predicted octanol–water partition coefficient (Wildman–Crippen LogP) is 2.47. The standard InChI is InChI=1S/C16H22N2O3/c1-2-16(14(19)20)8-10-18(11-9-16)15(21)17-12-13-6-4-3-5-7-13/h3-7H,2,8-12H2,1H3,(H,17,21)(H,19,20). The summed E-state index contributed by atoms with van der Waals surface area (Å²) in [5, 5.41) is 12.2. The summed E-state index contributed by atoms with van der Waals surface area (Å²) in [4.78, 5) is 25.2. The summed E-state index contributed by atoms with van der Waals surface area (Å²) in [6.45, 7) is 3.40. The minimum absolute atomic E-state index is 0.117. The second kappa shape index (κ2) is 6.61. The highest BCUT2D eigenvalue weighted by Crippen LogP contribution is 2.35. The van der Waals surface area contributed by atoms with E-state index in [0.29, 0.717) is 38.9 Å². The minimum atomic E-state index is -0.741. The van der Waals surface area contributed by atoms with Gasteiger partial charge in [-0.25, -0.2) is 4.79 Å². The van der Waals surface area contributed by atoms with Crippen molar-refractivity contribution in [2.24, 2.45) is 5.41 Å². The molecular formula is C16H22N2O3. The van der Waals surface area contributed by atoms with Gasteiger partial charge in [-0.1, -0.05) is 37.3 Å². The minimum Gasteiger partial charge on any atom is -0.481 e. The topological polar surface area (TPSA) is 69.6 Å². The number of urea groups is 1. The Kier molecular flexibility index (Phi) is 4.83. The van der Waals surface area contributed by atoms with Crippen LogP contribution < -0.4 is 5.32 Å². The third-order valence-corrected chi connectivity index (χ3v) is 4.42. The fraction of sp³-hybridized carbons (Fsp3) is 0.500. The first-order valence-electron chi connectivity index (χ1n) is 7.37. The van der Waals surface area contributed by atoms with Gasteiger partial charge in [0.25, 0.3) is 0 Å². The molecule has 1 aliphatic heterocycles. The summed E-state index contributed by atoms with van der Waals surface area (Å²) in [6, 6.07) is 9.61. The highest BCUT2D eigenvalue weighted by atomic mass is 16.4. The zero-order chi connectivity index (χ0) is 15.3. The first kappa shape index (κ1) is 15.4. The normalized spacial score (nSPS) is 17.3. The average Bonchev–Trinajstić information content (AvgIpc) is 2.53. The summed E-state index contributed by atoms with van der Waals surface area (Å²) < 4.78 is 0. The number of rotatable bonds is 4. The van der Waals surface area contributed by atoms with Crippen LogP contribution in [0.15, 0.2) is 30.3 Å². The van der Waals surface area contributed by atoms with E-state index in [-0.39, 0.29) is 6.03 Å². The number of carbonyl (C=O) groups is 2. The number of nitrogens with zero attached hydrogens (tertiary/aromatic N) is 1. The van der Waals surface area contributed by atoms with E-state index in [1.807, 2.05) is 37.3 Å². The van der Waals surface area contributed by atoms with E-state index in [1.165, 1.54) is 0 Å². The largest absolute Gasteiger partial charge is 0.481 e. The zero-order valence-corrected chi connectivity index (χ0v) is 12.3. The molecule has 5 heteroatoms. The van der Waals surface area contributed by atoms with E-state index in [2.05, 4.69) is 5.32 Å². The molecule has 1 aromatic carbocycles. The lowest BCUT2D eigenvalue weighted by molar-refractivity contribution is -0.151. The van der Waals surface area contributed by atoms with Crippen molar-refractivity contribution in [1.82, 2.24) is 10.2 Å². The summed E-state index contributed by atoms with van der Waals surface area (Å²) >= 11 is 0. The van der Waals surface area contributed by atoms with Crippen molar-refractivity contribution in [3.05, 3.63) is 35.9 Å². The van der Waals surface area contributed by atoms with Gasteiger partial charge < -0.3 is 15.3 Å². The highest BCUT2D eigenvalue weighted by Gasteiger charge is 2.40. The molecule has 0 spiro atoms. The molecular weight excluding hydrogens is 268 g/mol. The van der Waals surface area contributed by atoms with Crippen molar-refractivity contribution >= 4 is 12.0 Å². The highest BCUT2D eigenvalue weighted by molar-refractivity contribution is 5.77. The van der Waals surface area contributed by atoms with E-state index in [0.717, 1.165) is 5.56 Å². The SMILES string of the molecule is CCC1(C(=O)O)CCN(C(=O)NCc2ccccc2)CC1. The Morgan fingerprint density at radius 2 is 1.86 bits per heavy atom. The van der Waals surface area contributed by atoms with E-state index >= 15 is 0 Å². The molecule has 21 heavy (non-hydrogen) atoms. The smallest absolute Gasteiger partial charge is 0.317 e. The van der Waals surface area contributed by atoms with E-state index in [4.69, 9.17) is 0 Å². The van der Waals surface area contributed by atoms with Crippen LogP contribution in [0.3, 0.4) is 0 Å². The van der Waals surface area contributed by atoms with Gasteiger partial charge in [0.15, 0.2) is 0 Å². The second-order valence-corrected chi connectivity index (χ2v) is 5.57. The first-order chi connectivity index (χ1) is 10.1. The number of likely N-dealkylation sites (tertiary alicyclic amines) is 1. The number of hydrogen-bond donors (Lipinski definition) is 2. The number of carboxylic acids is 1. The lowest BCUT2D eigenvalue weighted by atomic mass is 9.76. The van der Waals surface area contributed by atoms with Crippen molar-refractivity contribution in [2.45, 2.75) is 32.7 Å². The molecule has 0 radical (unpaired) electrons. The van der Waals surface area contributed by atoms with Gasteiger partial charge in [-0.15, -0.1) is 0 Å². The van der Waals surface area contributed by atoms with Crippen LogP contribution in [-0.2, 0) is 11.3 Å². The lowest BCUT2D eigenvalue weighted by Crippen LogP contribution is -2.49. The molecule has 2 rings (SSSR count). The van der Waals surface area contributed by atoms with Gasteiger partial charge in [-0.3, -0.25) is 4.79 Å². The van der Waals surface area contributed by atoms with Crippen LogP contribution in [-0.4, -0.2) is 35.1 Å². The zero-order valence-electron chi connectivity index (χ0n) is 12.3. The quantitative estimate of drug-likeness (QED) is 0.895. The lowest BCUT2D eigenvalue weighted by Gasteiger charge is -2.38. The number of aliphatic carboxylic acids is 1. The second-order valence-electron chi connectivity index (χ2n) is 5.57. The van der Waals surface area contributed by atoms with Gasteiger partial charge in [-0.2, -0.15) is 0 Å². The van der Waals surface area contributed by atoms with Gasteiger partial charge in [0.05, 0.1) is 5.41 Å². The van der Waals surface area contributed by atoms with Crippen LogP contribution in [0.2, 0.25) is 0 Å². The Hall–Kier alpha value is -2.04. The van der Waals surface area contributed by atoms with Crippen molar-refractivity contribution in [3.8, 4) is 0 Å².